The largest absolute Gasteiger partial charge is 0.482 e. The van der Waals surface area contributed by atoms with Crippen molar-refractivity contribution in [2.75, 3.05) is 19.7 Å². The van der Waals surface area contributed by atoms with E-state index in [9.17, 15) is 9.18 Å². The van der Waals surface area contributed by atoms with Crippen LogP contribution in [0, 0.1) is 5.82 Å². The minimum Gasteiger partial charge on any atom is -0.482 e. The van der Waals surface area contributed by atoms with Crippen LogP contribution in [0.4, 0.5) is 4.39 Å². The van der Waals surface area contributed by atoms with Gasteiger partial charge in [-0.25, -0.2) is 4.39 Å². The Morgan fingerprint density at radius 2 is 1.69 bits per heavy atom. The third-order valence-corrected chi connectivity index (χ3v) is 6.57. The molecule has 3 aromatic carbocycles. The molecule has 0 aromatic heterocycles. The lowest BCUT2D eigenvalue weighted by Gasteiger charge is -2.44. The molecule has 0 aliphatic carbocycles. The second-order valence-corrected chi connectivity index (χ2v) is 9.12. The number of halogens is 3. The Labute approximate surface area is 197 Å². The van der Waals surface area contributed by atoms with Crippen LogP contribution in [-0.2, 0) is 11.3 Å². The highest BCUT2D eigenvalue weighted by Crippen LogP contribution is 2.38. The Kier molecular flexibility index (Phi) is 6.89. The Balaban J connectivity index is 1.41. The number of hydrogen-bond acceptors (Lipinski definition) is 3. The maximum atomic E-state index is 13.2. The third-order valence-electron chi connectivity index (χ3n) is 5.97. The number of carbonyl (C=O) groups excluding carboxylic acids is 1. The summed E-state index contributed by atoms with van der Waals surface area (Å²) in [7, 11) is 0. The van der Waals surface area contributed by atoms with Gasteiger partial charge < -0.3 is 9.64 Å². The number of benzene rings is 3. The minimum atomic E-state index is -0.237. The van der Waals surface area contributed by atoms with E-state index in [1.807, 2.05) is 36.1 Å². The fourth-order valence-corrected chi connectivity index (χ4v) is 4.82. The molecule has 1 fully saturated rings. The van der Waals surface area contributed by atoms with E-state index in [2.05, 4.69) is 11.8 Å². The minimum absolute atomic E-state index is 0.0279. The first kappa shape index (κ1) is 22.8. The molecule has 0 N–H and O–H groups in total. The molecule has 1 aliphatic heterocycles. The van der Waals surface area contributed by atoms with Crippen LogP contribution in [-0.4, -0.2) is 47.5 Å². The number of carbonyl (C=O) groups is 1. The zero-order valence-electron chi connectivity index (χ0n) is 18.0. The monoisotopic (exact) mass is 474 g/mol. The molecule has 1 heterocycles. The molecule has 4 rings (SSSR count). The molecular weight excluding hydrogens is 450 g/mol. The van der Waals surface area contributed by atoms with E-state index >= 15 is 0 Å². The SMILES string of the molecule is C[C@@H]1CN(C(=O)COc2c(Cl)cc(Cl)c3ccccc23)[C@@H](C)CN1Cc1ccc(F)cc1. The van der Waals surface area contributed by atoms with Crippen molar-refractivity contribution in [2.24, 2.45) is 0 Å². The van der Waals surface area contributed by atoms with Crippen molar-refractivity contribution in [2.45, 2.75) is 32.5 Å². The van der Waals surface area contributed by atoms with Crippen molar-refractivity contribution in [1.82, 2.24) is 9.80 Å². The van der Waals surface area contributed by atoms with Gasteiger partial charge in [-0.1, -0.05) is 59.6 Å². The highest BCUT2D eigenvalue weighted by Gasteiger charge is 2.32. The molecule has 0 unspecified atom stereocenters. The molecule has 1 saturated heterocycles. The number of rotatable bonds is 5. The number of piperazine rings is 1. The van der Waals surface area contributed by atoms with Crippen LogP contribution in [0.1, 0.15) is 19.4 Å². The Morgan fingerprint density at radius 1 is 1.00 bits per heavy atom. The summed E-state index contributed by atoms with van der Waals surface area (Å²) in [6.07, 6.45) is 0. The quantitative estimate of drug-likeness (QED) is 0.469. The van der Waals surface area contributed by atoms with Crippen molar-refractivity contribution in [3.63, 3.8) is 0 Å². The van der Waals surface area contributed by atoms with Gasteiger partial charge in [-0.15, -0.1) is 0 Å². The molecular formula is C25H25Cl2FN2O2. The molecule has 3 aromatic rings. The summed E-state index contributed by atoms with van der Waals surface area (Å²) in [5.74, 6) is 0.149. The van der Waals surface area contributed by atoms with E-state index in [4.69, 9.17) is 27.9 Å². The van der Waals surface area contributed by atoms with Crippen molar-refractivity contribution in [1.29, 1.82) is 0 Å². The molecule has 1 amide bonds. The fraction of sp³-hybridized carbons (Fsp3) is 0.320. The lowest BCUT2D eigenvalue weighted by molar-refractivity contribution is -0.139. The molecule has 7 heteroatoms. The van der Waals surface area contributed by atoms with E-state index in [0.717, 1.165) is 29.4 Å². The maximum absolute atomic E-state index is 13.2. The first-order valence-corrected chi connectivity index (χ1v) is 11.4. The van der Waals surface area contributed by atoms with Crippen LogP contribution in [0.5, 0.6) is 5.75 Å². The van der Waals surface area contributed by atoms with Gasteiger partial charge in [0, 0.05) is 42.5 Å². The molecule has 0 saturated carbocycles. The van der Waals surface area contributed by atoms with Crippen LogP contribution < -0.4 is 4.74 Å². The summed E-state index contributed by atoms with van der Waals surface area (Å²) in [6, 6.07) is 16.0. The first-order valence-electron chi connectivity index (χ1n) is 10.6. The standard InChI is InChI=1S/C25H25Cl2FN2O2/c1-16-13-30(17(2)12-29(16)14-18-7-9-19(28)10-8-18)24(31)15-32-25-21-6-4-3-5-20(21)22(26)11-23(25)27/h3-11,16-17H,12-15H2,1-2H3/t16-,17+/m1/s1. The second kappa shape index (κ2) is 9.65. The smallest absolute Gasteiger partial charge is 0.260 e. The first-order chi connectivity index (χ1) is 15.3. The molecule has 32 heavy (non-hydrogen) atoms. The number of amides is 1. The van der Waals surface area contributed by atoms with Crippen LogP contribution >= 0.6 is 23.2 Å². The zero-order valence-corrected chi connectivity index (χ0v) is 19.5. The Morgan fingerprint density at radius 3 is 2.41 bits per heavy atom. The van der Waals surface area contributed by atoms with Crippen LogP contribution in [0.2, 0.25) is 10.0 Å². The lowest BCUT2D eigenvalue weighted by atomic mass is 10.1. The van der Waals surface area contributed by atoms with Gasteiger partial charge >= 0.3 is 0 Å². The van der Waals surface area contributed by atoms with Crippen LogP contribution in [0.15, 0.2) is 54.6 Å². The summed E-state index contributed by atoms with van der Waals surface area (Å²) in [6.45, 7) is 6.08. The number of fused-ring (bicyclic) bond motifs is 1. The molecule has 168 valence electrons. The lowest BCUT2D eigenvalue weighted by Crippen LogP contribution is -2.58. The number of hydrogen-bond donors (Lipinski definition) is 0. The van der Waals surface area contributed by atoms with Gasteiger partial charge in [0.05, 0.1) is 10.0 Å². The van der Waals surface area contributed by atoms with Crippen molar-refractivity contribution in [3.8, 4) is 5.75 Å². The molecule has 0 bridgehead atoms. The van der Waals surface area contributed by atoms with Crippen molar-refractivity contribution < 1.29 is 13.9 Å². The van der Waals surface area contributed by atoms with E-state index in [0.29, 0.717) is 22.3 Å². The van der Waals surface area contributed by atoms with Gasteiger partial charge in [-0.05, 0) is 37.6 Å². The predicted molar refractivity (Wildman–Crippen MR) is 127 cm³/mol. The highest BCUT2D eigenvalue weighted by atomic mass is 35.5. The topological polar surface area (TPSA) is 32.8 Å². The summed E-state index contributed by atoms with van der Waals surface area (Å²) in [4.78, 5) is 17.2. The second-order valence-electron chi connectivity index (χ2n) is 8.30. The highest BCUT2D eigenvalue weighted by molar-refractivity contribution is 6.39. The van der Waals surface area contributed by atoms with Gasteiger partial charge in [0.25, 0.3) is 5.91 Å². The van der Waals surface area contributed by atoms with Gasteiger partial charge in [0.1, 0.15) is 11.6 Å². The Hall–Kier alpha value is -2.34. The maximum Gasteiger partial charge on any atom is 0.260 e. The molecule has 4 nitrogen and oxygen atoms in total. The van der Waals surface area contributed by atoms with Gasteiger partial charge in [-0.2, -0.15) is 0 Å². The Bertz CT molecular complexity index is 1120. The molecule has 1 aliphatic rings. The van der Waals surface area contributed by atoms with E-state index < -0.39 is 0 Å². The predicted octanol–water partition coefficient (Wildman–Crippen LogP) is 5.79. The van der Waals surface area contributed by atoms with Crippen molar-refractivity contribution >= 4 is 39.9 Å². The zero-order chi connectivity index (χ0) is 22.8. The number of nitrogens with zero attached hydrogens (tertiary/aromatic N) is 2. The van der Waals surface area contributed by atoms with Crippen LogP contribution in [0.3, 0.4) is 0 Å². The van der Waals surface area contributed by atoms with Gasteiger partial charge in [0.15, 0.2) is 6.61 Å². The van der Waals surface area contributed by atoms with E-state index in [-0.39, 0.29) is 30.4 Å². The van der Waals surface area contributed by atoms with Gasteiger partial charge in [0.2, 0.25) is 0 Å². The average molecular weight is 475 g/mol. The van der Waals surface area contributed by atoms with Crippen LogP contribution in [0.25, 0.3) is 10.8 Å². The normalized spacial score (nSPS) is 19.3. The van der Waals surface area contributed by atoms with Gasteiger partial charge in [-0.3, -0.25) is 9.69 Å². The molecule has 0 spiro atoms. The van der Waals surface area contributed by atoms with E-state index in [1.165, 1.54) is 12.1 Å². The summed E-state index contributed by atoms with van der Waals surface area (Å²) >= 11 is 12.7. The number of ether oxygens (including phenoxy) is 1. The summed E-state index contributed by atoms with van der Waals surface area (Å²) in [5, 5.41) is 2.54. The average Bonchev–Trinajstić information content (AvgIpc) is 2.77. The fourth-order valence-electron chi connectivity index (χ4n) is 4.23. The molecule has 0 radical (unpaired) electrons. The van der Waals surface area contributed by atoms with Crippen molar-refractivity contribution in [3.05, 3.63) is 76.0 Å². The third kappa shape index (κ3) is 4.85. The van der Waals surface area contributed by atoms with E-state index in [1.54, 1.807) is 18.2 Å². The summed E-state index contributed by atoms with van der Waals surface area (Å²) in [5.41, 5.74) is 1.05. The summed E-state index contributed by atoms with van der Waals surface area (Å²) < 4.78 is 19.1. The molecule has 2 atom stereocenters.